The average molecular weight is 494 g/mol. The van der Waals surface area contributed by atoms with Crippen LogP contribution in [-0.2, 0) is 21.1 Å². The Balaban J connectivity index is 1.86. The molecule has 2 aromatic rings. The Labute approximate surface area is 191 Å². The van der Waals surface area contributed by atoms with Crippen molar-refractivity contribution in [1.29, 1.82) is 0 Å². The molecular formula is C26H30N2O2Zr. The van der Waals surface area contributed by atoms with Crippen molar-refractivity contribution in [1.82, 2.24) is 0 Å². The predicted molar refractivity (Wildman–Crippen MR) is 126 cm³/mol. The topological polar surface area (TPSA) is 24.9 Å². The Bertz CT molecular complexity index is 981. The van der Waals surface area contributed by atoms with Crippen LogP contribution in [0.1, 0.15) is 12.8 Å². The van der Waals surface area contributed by atoms with Gasteiger partial charge in [-0.25, -0.2) is 0 Å². The molecule has 0 bridgehead atoms. The van der Waals surface area contributed by atoms with E-state index in [0.29, 0.717) is 0 Å². The molecule has 0 heterocycles. The van der Waals surface area contributed by atoms with Gasteiger partial charge in [-0.1, -0.05) is 0 Å². The summed E-state index contributed by atoms with van der Waals surface area (Å²) in [4.78, 5) is 4.20. The molecule has 5 heteroatoms. The van der Waals surface area contributed by atoms with Gasteiger partial charge in [-0.15, -0.1) is 0 Å². The summed E-state index contributed by atoms with van der Waals surface area (Å²) in [7, 11) is 8.20. The fourth-order valence-corrected chi connectivity index (χ4v) is 12.2. The first-order valence-corrected chi connectivity index (χ1v) is 15.1. The van der Waals surface area contributed by atoms with E-state index in [1.807, 2.05) is 52.5 Å². The Morgan fingerprint density at radius 2 is 1.06 bits per heavy atom. The van der Waals surface area contributed by atoms with E-state index in [-0.39, 0.29) is 0 Å². The van der Waals surface area contributed by atoms with Gasteiger partial charge in [-0.3, -0.25) is 0 Å². The van der Waals surface area contributed by atoms with Crippen LogP contribution in [0.15, 0.2) is 91.5 Å². The third-order valence-electron chi connectivity index (χ3n) is 5.59. The molecule has 0 saturated heterocycles. The summed E-state index contributed by atoms with van der Waals surface area (Å²) >= 11 is -4.04. The summed E-state index contributed by atoms with van der Waals surface area (Å²) in [5, 5.41) is 0. The monoisotopic (exact) mass is 492 g/mol. The molecule has 4 nitrogen and oxygen atoms in total. The van der Waals surface area contributed by atoms with Crippen LogP contribution in [0.3, 0.4) is 0 Å². The molecule has 0 aromatic heterocycles. The van der Waals surface area contributed by atoms with Gasteiger partial charge in [0, 0.05) is 0 Å². The van der Waals surface area contributed by atoms with E-state index in [0.717, 1.165) is 35.7 Å². The van der Waals surface area contributed by atoms with E-state index in [4.69, 9.17) is 5.63 Å². The number of hydrogen-bond donors (Lipinski definition) is 0. The zero-order valence-electron chi connectivity index (χ0n) is 18.7. The van der Waals surface area contributed by atoms with E-state index < -0.39 is 21.1 Å². The first-order chi connectivity index (χ1) is 15.0. The van der Waals surface area contributed by atoms with Crippen molar-refractivity contribution in [3.63, 3.8) is 0 Å². The van der Waals surface area contributed by atoms with E-state index >= 15 is 0 Å². The Morgan fingerprint density at radius 1 is 0.645 bits per heavy atom. The van der Waals surface area contributed by atoms with Crippen molar-refractivity contribution < 1.29 is 26.8 Å². The maximum absolute atomic E-state index is 7.11. The van der Waals surface area contributed by atoms with Gasteiger partial charge < -0.3 is 0 Å². The van der Waals surface area contributed by atoms with Gasteiger partial charge >= 0.3 is 192 Å². The fourth-order valence-electron chi connectivity index (χ4n) is 4.01. The molecule has 0 atom stereocenters. The first kappa shape index (κ1) is 21.7. The van der Waals surface area contributed by atoms with Crippen LogP contribution < -0.4 is 15.4 Å². The first-order valence-electron chi connectivity index (χ1n) is 10.6. The van der Waals surface area contributed by atoms with Crippen LogP contribution in [0.2, 0.25) is 0 Å². The van der Waals surface area contributed by atoms with Gasteiger partial charge in [-0.05, 0) is 0 Å². The van der Waals surface area contributed by atoms with Crippen molar-refractivity contribution in [3.05, 3.63) is 91.5 Å². The Kier molecular flexibility index (Phi) is 6.52. The van der Waals surface area contributed by atoms with Crippen molar-refractivity contribution in [3.8, 4) is 11.5 Å². The standard InChI is InChI=1S/2C8H11NO.2C5H5.Zr/c2*1-9(2)7-5-3-4-6-8(7)10;2*1-2-4-5-3-1;/h2*3-6,10H,1-2H3;2*1-3H,4H2;/q;;;;+2/p-2. The second kappa shape index (κ2) is 9.32. The summed E-state index contributed by atoms with van der Waals surface area (Å²) < 4.78 is 16.8. The molecule has 160 valence electrons. The number of nitrogens with zero attached hydrogens (tertiary/aromatic N) is 2. The molecule has 0 N–H and O–H groups in total. The zero-order chi connectivity index (χ0) is 21.8. The number of benzene rings is 2. The SMILES string of the molecule is CN(C)c1ccccc1[O][Zr]([O]c1ccccc1N(C)C)([C]1=CC=CC1)[C]1=CC=CC1. The van der Waals surface area contributed by atoms with Gasteiger partial charge in [-0.2, -0.15) is 0 Å². The normalized spacial score (nSPS) is 15.0. The van der Waals surface area contributed by atoms with Crippen molar-refractivity contribution in [2.45, 2.75) is 12.8 Å². The molecule has 0 unspecified atom stereocenters. The molecule has 2 aromatic carbocycles. The van der Waals surface area contributed by atoms with Gasteiger partial charge in [0.05, 0.1) is 0 Å². The minimum atomic E-state index is -4.04. The van der Waals surface area contributed by atoms with Gasteiger partial charge in [0.1, 0.15) is 0 Å². The molecule has 0 radical (unpaired) electrons. The van der Waals surface area contributed by atoms with E-state index in [2.05, 4.69) is 70.5 Å². The average Bonchev–Trinajstić information content (AvgIpc) is 3.48. The number of hydrogen-bond acceptors (Lipinski definition) is 4. The van der Waals surface area contributed by atoms with E-state index in [1.54, 1.807) is 0 Å². The quantitative estimate of drug-likeness (QED) is 0.454. The molecule has 2 aliphatic rings. The molecule has 0 aliphatic heterocycles. The minimum absolute atomic E-state index is 0.877. The molecule has 0 spiro atoms. The second-order valence-electron chi connectivity index (χ2n) is 8.19. The maximum atomic E-state index is 7.11. The molecule has 4 rings (SSSR count). The Morgan fingerprint density at radius 3 is 1.42 bits per heavy atom. The third kappa shape index (κ3) is 4.43. The van der Waals surface area contributed by atoms with E-state index in [1.165, 1.54) is 6.56 Å². The van der Waals surface area contributed by atoms with Crippen LogP contribution in [-0.4, -0.2) is 28.2 Å². The molecule has 0 fully saturated rings. The Hall–Kier alpha value is -2.52. The van der Waals surface area contributed by atoms with Crippen LogP contribution in [0.4, 0.5) is 11.4 Å². The number of allylic oxidation sites excluding steroid dienone is 8. The molecular weight excluding hydrogens is 464 g/mol. The van der Waals surface area contributed by atoms with Crippen LogP contribution in [0.25, 0.3) is 0 Å². The van der Waals surface area contributed by atoms with Crippen LogP contribution >= 0.6 is 0 Å². The molecule has 31 heavy (non-hydrogen) atoms. The second-order valence-corrected chi connectivity index (χ2v) is 15.4. The van der Waals surface area contributed by atoms with Crippen molar-refractivity contribution in [2.75, 3.05) is 38.0 Å². The van der Waals surface area contributed by atoms with Crippen LogP contribution in [0, 0.1) is 0 Å². The summed E-state index contributed by atoms with van der Waals surface area (Å²) in [5.41, 5.74) is 2.12. The molecule has 0 amide bonds. The van der Waals surface area contributed by atoms with Gasteiger partial charge in [0.25, 0.3) is 0 Å². The fraction of sp³-hybridized carbons (Fsp3) is 0.231. The van der Waals surface area contributed by atoms with Crippen LogP contribution in [0.5, 0.6) is 11.5 Å². The van der Waals surface area contributed by atoms with Gasteiger partial charge in [0.15, 0.2) is 0 Å². The summed E-state index contributed by atoms with van der Waals surface area (Å²) in [5.74, 6) is 1.76. The van der Waals surface area contributed by atoms with Gasteiger partial charge in [0.2, 0.25) is 0 Å². The molecule has 2 aliphatic carbocycles. The van der Waals surface area contributed by atoms with Crippen molar-refractivity contribution in [2.24, 2.45) is 0 Å². The van der Waals surface area contributed by atoms with Crippen molar-refractivity contribution >= 4 is 11.4 Å². The number of anilines is 2. The molecule has 0 saturated carbocycles. The summed E-state index contributed by atoms with van der Waals surface area (Å²) in [6.07, 6.45) is 14.8. The zero-order valence-corrected chi connectivity index (χ0v) is 21.2. The number of para-hydroxylation sites is 4. The third-order valence-corrected chi connectivity index (χ3v) is 14.1. The van der Waals surface area contributed by atoms with E-state index in [9.17, 15) is 0 Å². The predicted octanol–water partition coefficient (Wildman–Crippen LogP) is 5.95. The summed E-state index contributed by atoms with van der Waals surface area (Å²) in [6.45, 7) is 0. The summed E-state index contributed by atoms with van der Waals surface area (Å²) in [6, 6.07) is 16.5. The number of rotatable bonds is 8.